The van der Waals surface area contributed by atoms with E-state index < -0.39 is 8.38 Å². The van der Waals surface area contributed by atoms with Crippen LogP contribution in [0, 0.1) is 0 Å². The third kappa shape index (κ3) is 4.16. The van der Waals surface area contributed by atoms with Crippen molar-refractivity contribution in [2.45, 2.75) is 39.5 Å². The lowest BCUT2D eigenvalue weighted by atomic mass is 9.89. The van der Waals surface area contributed by atoms with Crippen molar-refractivity contribution in [2.24, 2.45) is 0 Å². The van der Waals surface area contributed by atoms with E-state index in [0.717, 1.165) is 33.5 Å². The molecular weight excluding hydrogens is 423 g/mol. The van der Waals surface area contributed by atoms with Gasteiger partial charge in [0.1, 0.15) is 11.5 Å². The number of hydrogen-bond acceptors (Lipinski definition) is 2. The third-order valence-electron chi connectivity index (χ3n) is 6.15. The van der Waals surface area contributed by atoms with Crippen molar-refractivity contribution in [2.75, 3.05) is 0 Å². The van der Waals surface area contributed by atoms with E-state index in [0.29, 0.717) is 11.8 Å². The molecule has 1 atom stereocenters. The minimum absolute atomic E-state index is 0.323. The highest BCUT2D eigenvalue weighted by molar-refractivity contribution is 7.57. The van der Waals surface area contributed by atoms with Crippen LogP contribution < -0.4 is 14.4 Å². The summed E-state index contributed by atoms with van der Waals surface area (Å²) < 4.78 is 13.4. The maximum absolute atomic E-state index is 6.89. The molecular formula is C30H29O2P. The van der Waals surface area contributed by atoms with E-state index in [1.54, 1.807) is 0 Å². The van der Waals surface area contributed by atoms with Crippen molar-refractivity contribution in [3.05, 3.63) is 102 Å². The molecule has 0 saturated heterocycles. The Bertz CT molecular complexity index is 1280. The van der Waals surface area contributed by atoms with E-state index in [-0.39, 0.29) is 0 Å². The van der Waals surface area contributed by atoms with Crippen LogP contribution in [0.25, 0.3) is 22.3 Å². The summed E-state index contributed by atoms with van der Waals surface area (Å²) in [4.78, 5) is 0. The predicted molar refractivity (Wildman–Crippen MR) is 140 cm³/mol. The van der Waals surface area contributed by atoms with Crippen LogP contribution in [0.15, 0.2) is 91.0 Å². The van der Waals surface area contributed by atoms with Crippen LogP contribution >= 0.6 is 8.38 Å². The Balaban J connectivity index is 1.67. The van der Waals surface area contributed by atoms with Gasteiger partial charge in [-0.15, -0.1) is 0 Å². The van der Waals surface area contributed by atoms with E-state index in [9.17, 15) is 0 Å². The van der Waals surface area contributed by atoms with Crippen LogP contribution in [0.2, 0.25) is 0 Å². The van der Waals surface area contributed by atoms with Gasteiger partial charge in [-0.25, -0.2) is 0 Å². The standard InChI is InChI=1S/C30H29O2P/c1-20(2)23-18-26(21(3)4)30(27(19-23)22-12-6-5-7-13-22)32-33-29-17-11-9-15-25(29)24-14-8-10-16-28(24)31-33/h5-21H,1-4H3. The summed E-state index contributed by atoms with van der Waals surface area (Å²) in [5, 5.41) is 1.12. The highest BCUT2D eigenvalue weighted by Gasteiger charge is 2.31. The molecule has 5 rings (SSSR count). The highest BCUT2D eigenvalue weighted by Crippen LogP contribution is 2.52. The quantitative estimate of drug-likeness (QED) is 0.282. The van der Waals surface area contributed by atoms with Crippen molar-refractivity contribution in [3.63, 3.8) is 0 Å². The van der Waals surface area contributed by atoms with Crippen molar-refractivity contribution in [1.82, 2.24) is 0 Å². The lowest BCUT2D eigenvalue weighted by molar-refractivity contribution is 0.495. The van der Waals surface area contributed by atoms with Gasteiger partial charge >= 0.3 is 8.38 Å². The van der Waals surface area contributed by atoms with Gasteiger partial charge in [-0.05, 0) is 52.3 Å². The average molecular weight is 453 g/mol. The lowest BCUT2D eigenvalue weighted by Crippen LogP contribution is -2.18. The second kappa shape index (κ2) is 9.04. The minimum Gasteiger partial charge on any atom is -0.435 e. The molecule has 0 aliphatic carbocycles. The SMILES string of the molecule is CC(C)c1cc(-c2ccccc2)c(OP2Oc3ccccc3-c3ccccc32)c(C(C)C)c1. The fourth-order valence-corrected chi connectivity index (χ4v) is 5.83. The normalized spacial score (nSPS) is 14.5. The summed E-state index contributed by atoms with van der Waals surface area (Å²) in [6, 6.07) is 31.8. The van der Waals surface area contributed by atoms with Crippen LogP contribution in [0.4, 0.5) is 0 Å². The van der Waals surface area contributed by atoms with Crippen LogP contribution in [0.1, 0.15) is 50.7 Å². The van der Waals surface area contributed by atoms with Gasteiger partial charge in [-0.3, -0.25) is 0 Å². The zero-order valence-electron chi connectivity index (χ0n) is 19.6. The number of benzene rings is 4. The number of rotatable bonds is 5. The number of hydrogen-bond donors (Lipinski definition) is 0. The molecule has 166 valence electrons. The van der Waals surface area contributed by atoms with Gasteiger partial charge in [0.15, 0.2) is 0 Å². The molecule has 0 fully saturated rings. The van der Waals surface area contributed by atoms with E-state index in [4.69, 9.17) is 9.05 Å². The summed E-state index contributed by atoms with van der Waals surface area (Å²) in [7, 11) is -1.32. The molecule has 0 N–H and O–H groups in total. The summed E-state index contributed by atoms with van der Waals surface area (Å²) >= 11 is 0. The Morgan fingerprint density at radius 3 is 2.06 bits per heavy atom. The van der Waals surface area contributed by atoms with Crippen molar-refractivity contribution >= 4 is 13.7 Å². The van der Waals surface area contributed by atoms with E-state index in [1.807, 2.05) is 12.1 Å². The van der Waals surface area contributed by atoms with Gasteiger partial charge in [0.2, 0.25) is 0 Å². The Kier molecular flexibility index (Phi) is 5.96. The van der Waals surface area contributed by atoms with Gasteiger partial charge in [0, 0.05) is 11.1 Å². The summed E-state index contributed by atoms with van der Waals surface area (Å²) in [6.45, 7) is 8.96. The second-order valence-corrected chi connectivity index (χ2v) is 10.5. The van der Waals surface area contributed by atoms with E-state index >= 15 is 0 Å². The minimum atomic E-state index is -1.32. The summed E-state index contributed by atoms with van der Waals surface area (Å²) in [5.74, 6) is 2.57. The number of fused-ring (bicyclic) bond motifs is 3. The van der Waals surface area contributed by atoms with Gasteiger partial charge in [-0.2, -0.15) is 0 Å². The highest BCUT2D eigenvalue weighted by atomic mass is 31.2. The van der Waals surface area contributed by atoms with Crippen LogP contribution in [0.3, 0.4) is 0 Å². The first kappa shape index (κ1) is 21.7. The molecule has 0 saturated carbocycles. The molecule has 3 heteroatoms. The number of para-hydroxylation sites is 1. The maximum atomic E-state index is 6.89. The molecule has 1 aliphatic heterocycles. The molecule has 4 aromatic carbocycles. The van der Waals surface area contributed by atoms with Crippen molar-refractivity contribution in [3.8, 4) is 33.8 Å². The van der Waals surface area contributed by atoms with Crippen LogP contribution in [0.5, 0.6) is 11.5 Å². The van der Waals surface area contributed by atoms with Gasteiger partial charge in [0.05, 0.1) is 5.30 Å². The molecule has 0 spiro atoms. The first-order valence-electron chi connectivity index (χ1n) is 11.6. The maximum Gasteiger partial charge on any atom is 0.326 e. The van der Waals surface area contributed by atoms with E-state index in [1.165, 1.54) is 16.7 Å². The largest absolute Gasteiger partial charge is 0.435 e. The van der Waals surface area contributed by atoms with E-state index in [2.05, 4.69) is 107 Å². The van der Waals surface area contributed by atoms with Crippen molar-refractivity contribution in [1.29, 1.82) is 0 Å². The molecule has 1 unspecified atom stereocenters. The molecule has 2 nitrogen and oxygen atoms in total. The Labute approximate surface area is 198 Å². The molecule has 0 radical (unpaired) electrons. The van der Waals surface area contributed by atoms with Gasteiger partial charge in [0.25, 0.3) is 0 Å². The lowest BCUT2D eigenvalue weighted by Gasteiger charge is -2.29. The topological polar surface area (TPSA) is 18.5 Å². The Morgan fingerprint density at radius 1 is 0.667 bits per heavy atom. The first-order valence-corrected chi connectivity index (χ1v) is 12.8. The molecule has 1 heterocycles. The summed E-state index contributed by atoms with van der Waals surface area (Å²) in [6.07, 6.45) is 0. The van der Waals surface area contributed by atoms with Crippen molar-refractivity contribution < 1.29 is 9.05 Å². The van der Waals surface area contributed by atoms with Crippen LogP contribution in [-0.2, 0) is 0 Å². The second-order valence-electron chi connectivity index (χ2n) is 9.12. The van der Waals surface area contributed by atoms with Gasteiger partial charge < -0.3 is 9.05 Å². The molecule has 33 heavy (non-hydrogen) atoms. The Hall–Kier alpha value is -3.09. The molecule has 4 aromatic rings. The summed E-state index contributed by atoms with van der Waals surface area (Å²) in [5.41, 5.74) is 7.16. The first-order chi connectivity index (χ1) is 16.0. The fourth-order valence-electron chi connectivity index (χ4n) is 4.29. The zero-order chi connectivity index (χ0) is 22.9. The fraction of sp³-hybridized carbons (Fsp3) is 0.200. The smallest absolute Gasteiger partial charge is 0.326 e. The average Bonchev–Trinajstić information content (AvgIpc) is 2.84. The third-order valence-corrected chi connectivity index (χ3v) is 7.64. The van der Waals surface area contributed by atoms with Crippen LogP contribution in [-0.4, -0.2) is 0 Å². The Morgan fingerprint density at radius 2 is 1.33 bits per heavy atom. The zero-order valence-corrected chi connectivity index (χ0v) is 20.5. The predicted octanol–water partition coefficient (Wildman–Crippen LogP) is 8.68. The molecule has 0 amide bonds. The molecule has 1 aliphatic rings. The van der Waals surface area contributed by atoms with Gasteiger partial charge in [-0.1, -0.05) is 100 Å². The monoisotopic (exact) mass is 452 g/mol. The molecule has 0 bridgehead atoms. The molecule has 0 aromatic heterocycles.